The van der Waals surface area contributed by atoms with Gasteiger partial charge in [-0.15, -0.1) is 0 Å². The lowest BCUT2D eigenvalue weighted by atomic mass is 9.80. The van der Waals surface area contributed by atoms with Gasteiger partial charge in [0.15, 0.2) is 0 Å². The number of carbonyl (C=O) groups excluding carboxylic acids is 1. The molecule has 4 rings (SSSR count). The van der Waals surface area contributed by atoms with Gasteiger partial charge in [0.1, 0.15) is 17.9 Å². The Balaban J connectivity index is 0.000000307. The summed E-state index contributed by atoms with van der Waals surface area (Å²) < 4.78 is 14.4. The second-order valence-corrected chi connectivity index (χ2v) is 11.4. The van der Waals surface area contributed by atoms with Crippen molar-refractivity contribution < 1.29 is 9.18 Å². The zero-order chi connectivity index (χ0) is 30.6. The lowest BCUT2D eigenvalue weighted by molar-refractivity contribution is -0.115. The molecule has 8 nitrogen and oxygen atoms in total. The molecule has 2 fully saturated rings. The highest BCUT2D eigenvalue weighted by molar-refractivity contribution is 6.30. The van der Waals surface area contributed by atoms with Crippen molar-refractivity contribution in [3.05, 3.63) is 87.9 Å². The van der Waals surface area contributed by atoms with Gasteiger partial charge in [0.25, 0.3) is 0 Å². The second kappa shape index (κ2) is 16.4. The molecule has 1 aromatic carbocycles. The van der Waals surface area contributed by atoms with Gasteiger partial charge in [-0.05, 0) is 69.7 Å². The average Bonchev–Trinajstić information content (AvgIpc) is 2.95. The lowest BCUT2D eigenvalue weighted by Gasteiger charge is -2.44. The summed E-state index contributed by atoms with van der Waals surface area (Å²) in [6, 6.07) is 5.20. The summed E-state index contributed by atoms with van der Waals surface area (Å²) in [6.07, 6.45) is 14.2. The third-order valence-corrected chi connectivity index (χ3v) is 7.81. The van der Waals surface area contributed by atoms with E-state index in [0.717, 1.165) is 48.5 Å². The minimum Gasteiger partial charge on any atom is -0.388 e. The van der Waals surface area contributed by atoms with Gasteiger partial charge in [-0.25, -0.2) is 4.39 Å². The Morgan fingerprint density at radius 1 is 1.17 bits per heavy atom. The van der Waals surface area contributed by atoms with E-state index in [-0.39, 0.29) is 5.82 Å². The zero-order valence-corrected chi connectivity index (χ0v) is 26.6. The predicted octanol–water partition coefficient (Wildman–Crippen LogP) is 4.43. The van der Waals surface area contributed by atoms with E-state index in [0.29, 0.717) is 28.2 Å². The van der Waals surface area contributed by atoms with E-state index in [4.69, 9.17) is 11.6 Å². The molecule has 0 amide bonds. The fourth-order valence-corrected chi connectivity index (χ4v) is 5.22. The maximum Gasteiger partial charge on any atom is 0.144 e. The summed E-state index contributed by atoms with van der Waals surface area (Å²) >= 11 is 6.07. The molecule has 1 saturated carbocycles. The molecule has 0 bridgehead atoms. The molecule has 42 heavy (non-hydrogen) atoms. The van der Waals surface area contributed by atoms with E-state index >= 15 is 0 Å². The molecule has 2 aliphatic heterocycles. The van der Waals surface area contributed by atoms with Gasteiger partial charge in [-0.1, -0.05) is 30.7 Å². The number of hydrogen-bond donors (Lipinski definition) is 4. The van der Waals surface area contributed by atoms with Crippen LogP contribution in [0.5, 0.6) is 0 Å². The summed E-state index contributed by atoms with van der Waals surface area (Å²) in [4.78, 5) is 17.3. The van der Waals surface area contributed by atoms with E-state index in [1.165, 1.54) is 38.3 Å². The Hall–Kier alpha value is -3.27. The molecule has 230 valence electrons. The molecule has 0 unspecified atom stereocenters. The first kappa shape index (κ1) is 33.2. The number of nitrogens with one attached hydrogen (secondary N) is 4. The largest absolute Gasteiger partial charge is 0.388 e. The van der Waals surface area contributed by atoms with Gasteiger partial charge in [-0.2, -0.15) is 0 Å². The number of aldehydes is 1. The molecule has 0 spiro atoms. The van der Waals surface area contributed by atoms with Crippen LogP contribution in [0.1, 0.15) is 38.7 Å². The van der Waals surface area contributed by atoms with Crippen LogP contribution in [0, 0.1) is 11.7 Å². The molecule has 0 atom stereocenters. The molecule has 10 heteroatoms. The summed E-state index contributed by atoms with van der Waals surface area (Å²) in [6.45, 7) is 8.79. The van der Waals surface area contributed by atoms with Gasteiger partial charge < -0.3 is 25.2 Å². The number of benzene rings is 1. The normalized spacial score (nSPS) is 21.9. The van der Waals surface area contributed by atoms with Crippen LogP contribution in [0.3, 0.4) is 0 Å². The number of hydrogen-bond acceptors (Lipinski definition) is 8. The molecule has 2 heterocycles. The molecule has 1 aromatic rings. The maximum absolute atomic E-state index is 14.4. The SMILES string of the molecule is CN1CCN(C2CC(C=O)C2)CC1.C\C=C/C(=C\C(=C\CC)NC)NC1=C(N(C)C)NNC(c2cc(Cl)ccc2F)=C1. The Morgan fingerprint density at radius 2 is 1.88 bits per heavy atom. The molecule has 4 N–H and O–H groups in total. The van der Waals surface area contributed by atoms with Crippen LogP contribution in [0.2, 0.25) is 5.02 Å². The number of rotatable bonds is 10. The van der Waals surface area contributed by atoms with Gasteiger partial charge in [-0.3, -0.25) is 15.8 Å². The van der Waals surface area contributed by atoms with E-state index in [9.17, 15) is 9.18 Å². The molecule has 3 aliphatic rings. The van der Waals surface area contributed by atoms with Crippen LogP contribution in [-0.2, 0) is 4.79 Å². The van der Waals surface area contributed by atoms with E-state index in [2.05, 4.69) is 51.3 Å². The first-order chi connectivity index (χ1) is 20.2. The van der Waals surface area contributed by atoms with Crippen LogP contribution in [-0.4, -0.2) is 81.4 Å². The smallest absolute Gasteiger partial charge is 0.144 e. The Bertz CT molecular complexity index is 1210. The number of halogens is 2. The van der Waals surface area contributed by atoms with Crippen molar-refractivity contribution in [1.82, 2.24) is 36.2 Å². The quantitative estimate of drug-likeness (QED) is 0.233. The Labute approximate surface area is 256 Å². The van der Waals surface area contributed by atoms with Crippen molar-refractivity contribution >= 4 is 23.6 Å². The lowest BCUT2D eigenvalue weighted by Crippen LogP contribution is -2.53. The van der Waals surface area contributed by atoms with E-state index in [1.54, 1.807) is 6.07 Å². The van der Waals surface area contributed by atoms with E-state index < -0.39 is 0 Å². The van der Waals surface area contributed by atoms with Gasteiger partial charge in [0.2, 0.25) is 0 Å². The summed E-state index contributed by atoms with van der Waals surface area (Å²) in [5.74, 6) is 0.830. The highest BCUT2D eigenvalue weighted by Crippen LogP contribution is 2.30. The standard InChI is InChI=1S/C22H29ClFN5.C10H18N2O/c1-6-8-16(25-3)13-17(9-7-2)26-21-14-20(27-28-22(21)29(4)5)18-12-15(23)10-11-19(18)24;1-11-2-4-12(5-3-11)10-6-9(7-10)8-13/h7-14,25-28H,6H2,1-5H3;8-10H,2-7H2,1H3/b9-7-,16-8-,17-13+;. The minimum absolute atomic E-state index is 0.352. The molecular formula is C32H47ClFN7O. The van der Waals surface area contributed by atoms with Crippen molar-refractivity contribution in [3.63, 3.8) is 0 Å². The predicted molar refractivity (Wildman–Crippen MR) is 171 cm³/mol. The number of likely N-dealkylation sites (N-methyl/N-ethyl adjacent to an activating group) is 2. The first-order valence-electron chi connectivity index (χ1n) is 14.7. The number of carbonyl (C=O) groups is 1. The summed E-state index contributed by atoms with van der Waals surface area (Å²) in [5.41, 5.74) is 9.85. The van der Waals surface area contributed by atoms with Crippen LogP contribution < -0.4 is 21.5 Å². The summed E-state index contributed by atoms with van der Waals surface area (Å²) in [7, 11) is 7.92. The van der Waals surface area contributed by atoms with Crippen molar-refractivity contribution in [2.75, 3.05) is 54.4 Å². The van der Waals surface area contributed by atoms with Crippen molar-refractivity contribution in [2.45, 2.75) is 39.2 Å². The minimum atomic E-state index is -0.352. The molecule has 1 aliphatic carbocycles. The highest BCUT2D eigenvalue weighted by Gasteiger charge is 2.34. The average molecular weight is 600 g/mol. The van der Waals surface area contributed by atoms with Crippen LogP contribution in [0.4, 0.5) is 4.39 Å². The number of piperazine rings is 1. The Morgan fingerprint density at radius 3 is 2.48 bits per heavy atom. The second-order valence-electron chi connectivity index (χ2n) is 11.0. The number of allylic oxidation sites excluding steroid dienone is 5. The van der Waals surface area contributed by atoms with Gasteiger partial charge in [0.05, 0.1) is 11.4 Å². The summed E-state index contributed by atoms with van der Waals surface area (Å²) in [5, 5.41) is 7.10. The maximum atomic E-state index is 14.4. The van der Waals surface area contributed by atoms with Crippen LogP contribution >= 0.6 is 11.6 Å². The van der Waals surface area contributed by atoms with Crippen molar-refractivity contribution in [2.24, 2.45) is 5.92 Å². The first-order valence-corrected chi connectivity index (χ1v) is 15.0. The highest BCUT2D eigenvalue weighted by atomic mass is 35.5. The van der Waals surface area contributed by atoms with Gasteiger partial charge in [0, 0.05) is 81.3 Å². The van der Waals surface area contributed by atoms with Crippen LogP contribution in [0.25, 0.3) is 5.70 Å². The third-order valence-electron chi connectivity index (χ3n) is 7.57. The number of nitrogens with zero attached hydrogens (tertiary/aromatic N) is 3. The molecule has 0 aromatic heterocycles. The molecular weight excluding hydrogens is 553 g/mol. The monoisotopic (exact) mass is 599 g/mol. The van der Waals surface area contributed by atoms with Crippen LogP contribution in [0.15, 0.2) is 71.5 Å². The van der Waals surface area contributed by atoms with E-state index in [1.807, 2.05) is 57.3 Å². The topological polar surface area (TPSA) is 74.9 Å². The Kier molecular flexibility index (Phi) is 13.0. The van der Waals surface area contributed by atoms with Crippen molar-refractivity contribution in [1.29, 1.82) is 0 Å². The third kappa shape index (κ3) is 9.37. The van der Waals surface area contributed by atoms with Gasteiger partial charge >= 0.3 is 0 Å². The fraction of sp³-hybridized carbons (Fsp3) is 0.469. The fourth-order valence-electron chi connectivity index (χ4n) is 5.05. The number of hydrazine groups is 1. The zero-order valence-electron chi connectivity index (χ0n) is 25.8. The van der Waals surface area contributed by atoms with Crippen molar-refractivity contribution in [3.8, 4) is 0 Å². The molecule has 0 radical (unpaired) electrons. The molecule has 1 saturated heterocycles.